The summed E-state index contributed by atoms with van der Waals surface area (Å²) in [5.41, 5.74) is 0.883. The Morgan fingerprint density at radius 1 is 1.50 bits per heavy atom. The Hall–Kier alpha value is -0.820. The smallest absolute Gasteiger partial charge is 0.175 e. The molecular formula is C15H20ClN3OS2. The van der Waals surface area contributed by atoms with Crippen LogP contribution >= 0.6 is 35.6 Å². The number of thiocarbonyl (C=S) groups is 1. The van der Waals surface area contributed by atoms with Crippen molar-refractivity contribution in [2.45, 2.75) is 19.4 Å². The molecule has 0 saturated carbocycles. The average Bonchev–Trinajstić information content (AvgIpc) is 2.87. The van der Waals surface area contributed by atoms with Crippen LogP contribution < -0.4 is 5.32 Å². The highest BCUT2D eigenvalue weighted by molar-refractivity contribution is 8.14. The normalized spacial score (nSPS) is 19.7. The molecule has 7 heteroatoms. The highest BCUT2D eigenvalue weighted by atomic mass is 35.5. The van der Waals surface area contributed by atoms with Crippen molar-refractivity contribution in [3.05, 3.63) is 29.3 Å². The van der Waals surface area contributed by atoms with Gasteiger partial charge in [0.1, 0.15) is 0 Å². The standard InChI is InChI=1S/C15H20ClN3OS2/c1-11-10-22-15(18-13-6-4-12(16)5-7-13)19(11)14(21)17-8-3-9-20-2/h4-7,11H,3,8-10H2,1-2H3,(H,17,21)/t11-/m0/s1. The van der Waals surface area contributed by atoms with Crippen molar-refractivity contribution in [1.29, 1.82) is 0 Å². The Labute approximate surface area is 146 Å². The molecular weight excluding hydrogens is 338 g/mol. The van der Waals surface area contributed by atoms with Gasteiger partial charge in [0.25, 0.3) is 0 Å². The molecule has 0 aromatic heterocycles. The summed E-state index contributed by atoms with van der Waals surface area (Å²) < 4.78 is 5.04. The lowest BCUT2D eigenvalue weighted by molar-refractivity contribution is 0.195. The molecule has 1 fully saturated rings. The Morgan fingerprint density at radius 3 is 2.91 bits per heavy atom. The van der Waals surface area contributed by atoms with Gasteiger partial charge in [-0.25, -0.2) is 4.99 Å². The molecule has 4 nitrogen and oxygen atoms in total. The highest BCUT2D eigenvalue weighted by Crippen LogP contribution is 2.27. The molecule has 0 amide bonds. The zero-order valence-corrected chi connectivity index (χ0v) is 15.1. The van der Waals surface area contributed by atoms with Crippen LogP contribution in [0.2, 0.25) is 5.02 Å². The van der Waals surface area contributed by atoms with E-state index in [9.17, 15) is 0 Å². The molecule has 1 aliphatic heterocycles. The quantitative estimate of drug-likeness (QED) is 0.642. The van der Waals surface area contributed by atoms with E-state index < -0.39 is 0 Å². The number of hydrogen-bond donors (Lipinski definition) is 1. The second-order valence-electron chi connectivity index (χ2n) is 4.98. The summed E-state index contributed by atoms with van der Waals surface area (Å²) in [6.45, 7) is 3.68. The Morgan fingerprint density at radius 2 is 2.23 bits per heavy atom. The molecule has 1 aromatic carbocycles. The van der Waals surface area contributed by atoms with Crippen molar-refractivity contribution in [2.24, 2.45) is 4.99 Å². The minimum atomic E-state index is 0.332. The van der Waals surface area contributed by atoms with Gasteiger partial charge < -0.3 is 10.1 Å². The third-order valence-corrected chi connectivity index (χ3v) is 4.96. The number of nitrogens with one attached hydrogen (secondary N) is 1. The van der Waals surface area contributed by atoms with E-state index in [0.717, 1.165) is 41.3 Å². The van der Waals surface area contributed by atoms with Gasteiger partial charge >= 0.3 is 0 Å². The lowest BCUT2D eigenvalue weighted by Gasteiger charge is -2.24. The van der Waals surface area contributed by atoms with Crippen molar-refractivity contribution in [3.63, 3.8) is 0 Å². The van der Waals surface area contributed by atoms with Crippen LogP contribution in [0.5, 0.6) is 0 Å². The van der Waals surface area contributed by atoms with Crippen LogP contribution in [-0.4, -0.2) is 47.2 Å². The third kappa shape index (κ3) is 4.84. The number of methoxy groups -OCH3 is 1. The van der Waals surface area contributed by atoms with Crippen molar-refractivity contribution in [2.75, 3.05) is 26.0 Å². The topological polar surface area (TPSA) is 36.9 Å². The van der Waals surface area contributed by atoms with Gasteiger partial charge in [0.2, 0.25) is 0 Å². The first-order valence-corrected chi connectivity index (χ1v) is 8.92. The first-order chi connectivity index (χ1) is 10.6. The molecule has 1 N–H and O–H groups in total. The van der Waals surface area contributed by atoms with Gasteiger partial charge in [-0.3, -0.25) is 4.90 Å². The number of hydrogen-bond acceptors (Lipinski definition) is 4. The number of ether oxygens (including phenoxy) is 1. The fourth-order valence-corrected chi connectivity index (χ4v) is 3.70. The van der Waals surface area contributed by atoms with Crippen LogP contribution in [0.15, 0.2) is 29.3 Å². The summed E-state index contributed by atoms with van der Waals surface area (Å²) in [5.74, 6) is 0.978. The average molecular weight is 358 g/mol. The number of amidine groups is 1. The van der Waals surface area contributed by atoms with Crippen molar-refractivity contribution < 1.29 is 4.74 Å². The van der Waals surface area contributed by atoms with Crippen molar-refractivity contribution in [3.8, 4) is 0 Å². The minimum absolute atomic E-state index is 0.332. The van der Waals surface area contributed by atoms with E-state index in [1.165, 1.54) is 0 Å². The van der Waals surface area contributed by atoms with Gasteiger partial charge in [0.05, 0.1) is 5.69 Å². The van der Waals surface area contributed by atoms with Crippen LogP contribution in [0, 0.1) is 0 Å². The molecule has 120 valence electrons. The predicted molar refractivity (Wildman–Crippen MR) is 99.4 cm³/mol. The van der Waals surface area contributed by atoms with E-state index in [1.54, 1.807) is 18.9 Å². The minimum Gasteiger partial charge on any atom is -0.385 e. The lowest BCUT2D eigenvalue weighted by Crippen LogP contribution is -2.44. The second kappa shape index (κ2) is 8.72. The molecule has 1 heterocycles. The predicted octanol–water partition coefficient (Wildman–Crippen LogP) is 3.68. The third-order valence-electron chi connectivity index (χ3n) is 3.17. The first-order valence-electron chi connectivity index (χ1n) is 7.15. The van der Waals surface area contributed by atoms with Crippen LogP contribution in [0.25, 0.3) is 0 Å². The molecule has 1 aliphatic rings. The van der Waals surface area contributed by atoms with Crippen LogP contribution in [0.1, 0.15) is 13.3 Å². The molecule has 0 bridgehead atoms. The summed E-state index contributed by atoms with van der Waals surface area (Å²) in [6, 6.07) is 7.84. The van der Waals surface area contributed by atoms with E-state index in [4.69, 9.17) is 33.5 Å². The SMILES string of the molecule is COCCCNC(=S)N1C(=Nc2ccc(Cl)cc2)SC[C@@H]1C. The molecule has 0 unspecified atom stereocenters. The van der Waals surface area contributed by atoms with Crippen LogP contribution in [-0.2, 0) is 4.74 Å². The molecule has 0 radical (unpaired) electrons. The molecule has 0 spiro atoms. The second-order valence-corrected chi connectivity index (χ2v) is 6.79. The number of aliphatic imine (C=N–C) groups is 1. The van der Waals surface area contributed by atoms with Gasteiger partial charge in [-0.15, -0.1) is 0 Å². The maximum Gasteiger partial charge on any atom is 0.175 e. The molecule has 1 atom stereocenters. The van der Waals surface area contributed by atoms with Crippen molar-refractivity contribution >= 4 is 51.5 Å². The maximum atomic E-state index is 5.91. The molecule has 22 heavy (non-hydrogen) atoms. The van der Waals surface area contributed by atoms with Crippen LogP contribution in [0.3, 0.4) is 0 Å². The zero-order valence-electron chi connectivity index (χ0n) is 12.7. The summed E-state index contributed by atoms with van der Waals surface area (Å²) >= 11 is 13.1. The number of nitrogens with zero attached hydrogens (tertiary/aromatic N) is 2. The largest absolute Gasteiger partial charge is 0.385 e. The summed E-state index contributed by atoms with van der Waals surface area (Å²) in [5, 5.41) is 5.64. The van der Waals surface area contributed by atoms with Gasteiger partial charge in [0.15, 0.2) is 10.3 Å². The monoisotopic (exact) mass is 357 g/mol. The summed E-state index contributed by atoms with van der Waals surface area (Å²) in [4.78, 5) is 6.78. The molecule has 0 aliphatic carbocycles. The number of rotatable bonds is 5. The van der Waals surface area contributed by atoms with E-state index in [2.05, 4.69) is 17.1 Å². The number of halogens is 1. The van der Waals surface area contributed by atoms with Gasteiger partial charge in [-0.05, 0) is 49.8 Å². The maximum absolute atomic E-state index is 5.91. The number of thioether (sulfide) groups is 1. The Kier molecular flexibility index (Phi) is 6.95. The van der Waals surface area contributed by atoms with Gasteiger partial charge in [0, 0.05) is 37.1 Å². The van der Waals surface area contributed by atoms with E-state index in [0.29, 0.717) is 11.1 Å². The fraction of sp³-hybridized carbons (Fsp3) is 0.467. The first kappa shape index (κ1) is 17.5. The van der Waals surface area contributed by atoms with Crippen molar-refractivity contribution in [1.82, 2.24) is 10.2 Å². The number of benzene rings is 1. The fourth-order valence-electron chi connectivity index (χ4n) is 2.02. The summed E-state index contributed by atoms with van der Waals surface area (Å²) in [7, 11) is 1.70. The zero-order chi connectivity index (χ0) is 15.9. The highest BCUT2D eigenvalue weighted by Gasteiger charge is 2.29. The Balaban J connectivity index is 2.03. The Bertz CT molecular complexity index is 536. The molecule has 2 rings (SSSR count). The summed E-state index contributed by atoms with van der Waals surface area (Å²) in [6.07, 6.45) is 0.926. The van der Waals surface area contributed by atoms with E-state index >= 15 is 0 Å². The van der Waals surface area contributed by atoms with Gasteiger partial charge in [-0.1, -0.05) is 23.4 Å². The molecule has 1 aromatic rings. The lowest BCUT2D eigenvalue weighted by atomic mass is 10.3. The van der Waals surface area contributed by atoms with E-state index in [-0.39, 0.29) is 0 Å². The molecule has 1 saturated heterocycles. The van der Waals surface area contributed by atoms with Crippen LogP contribution in [0.4, 0.5) is 5.69 Å². The van der Waals surface area contributed by atoms with Gasteiger partial charge in [-0.2, -0.15) is 0 Å². The van der Waals surface area contributed by atoms with E-state index in [1.807, 2.05) is 24.3 Å².